The summed E-state index contributed by atoms with van der Waals surface area (Å²) in [6.07, 6.45) is 1.17. The van der Waals surface area contributed by atoms with Gasteiger partial charge in [-0.1, -0.05) is 13.8 Å². The Kier molecular flexibility index (Phi) is 4.83. The third-order valence-electron chi connectivity index (χ3n) is 4.15. The average Bonchev–Trinajstić information content (AvgIpc) is 2.99. The number of likely N-dealkylation sites (N-methyl/N-ethyl adjacent to an activating group) is 1. The van der Waals surface area contributed by atoms with Gasteiger partial charge in [-0.25, -0.2) is 4.79 Å². The molecule has 1 aromatic rings. The molecular formula is C15H24N2O3. The maximum absolute atomic E-state index is 11.0. The number of nitrogens with zero attached hydrogens (tertiary/aromatic N) is 2. The lowest BCUT2D eigenvalue weighted by Crippen LogP contribution is -2.37. The van der Waals surface area contributed by atoms with Gasteiger partial charge >= 0.3 is 5.97 Å². The van der Waals surface area contributed by atoms with Crippen LogP contribution in [0.2, 0.25) is 0 Å². The largest absolute Gasteiger partial charge is 0.478 e. The monoisotopic (exact) mass is 280 g/mol. The summed E-state index contributed by atoms with van der Waals surface area (Å²) >= 11 is 0. The van der Waals surface area contributed by atoms with Crippen molar-refractivity contribution in [1.29, 1.82) is 0 Å². The van der Waals surface area contributed by atoms with Crippen molar-refractivity contribution in [3.8, 4) is 0 Å². The SMILES string of the molecule is CCN(CC)C1CCN(Cc2cc(C(=O)O)c(C)o2)C1. The first-order valence-corrected chi connectivity index (χ1v) is 7.34. The van der Waals surface area contributed by atoms with Crippen molar-refractivity contribution >= 4 is 5.97 Å². The van der Waals surface area contributed by atoms with Gasteiger partial charge in [-0.2, -0.15) is 0 Å². The molecular weight excluding hydrogens is 256 g/mol. The molecule has 1 aromatic heterocycles. The fraction of sp³-hybridized carbons (Fsp3) is 0.667. The van der Waals surface area contributed by atoms with Crippen LogP contribution in [0.15, 0.2) is 10.5 Å². The highest BCUT2D eigenvalue weighted by Crippen LogP contribution is 2.21. The number of furan rings is 1. The van der Waals surface area contributed by atoms with Crippen LogP contribution in [0.4, 0.5) is 0 Å². The van der Waals surface area contributed by atoms with E-state index in [1.165, 1.54) is 6.42 Å². The summed E-state index contributed by atoms with van der Waals surface area (Å²) in [5.41, 5.74) is 0.277. The number of hydrogen-bond donors (Lipinski definition) is 1. The lowest BCUT2D eigenvalue weighted by molar-refractivity contribution is 0.0695. The van der Waals surface area contributed by atoms with Crippen LogP contribution < -0.4 is 0 Å². The van der Waals surface area contributed by atoms with Crippen LogP contribution in [0.3, 0.4) is 0 Å². The number of aryl methyl sites for hydroxylation is 1. The molecule has 1 aliphatic rings. The summed E-state index contributed by atoms with van der Waals surface area (Å²) in [6.45, 7) is 11.0. The number of carboxylic acids is 1. The summed E-state index contributed by atoms with van der Waals surface area (Å²) in [5.74, 6) is 0.326. The maximum atomic E-state index is 11.0. The number of likely N-dealkylation sites (tertiary alicyclic amines) is 1. The van der Waals surface area contributed by atoms with Gasteiger partial charge in [0.05, 0.1) is 6.54 Å². The Labute approximate surface area is 120 Å². The molecule has 0 saturated carbocycles. The molecule has 1 aliphatic heterocycles. The minimum absolute atomic E-state index is 0.277. The first-order chi connectivity index (χ1) is 9.55. The molecule has 1 N–H and O–H groups in total. The third-order valence-corrected chi connectivity index (χ3v) is 4.15. The molecule has 20 heavy (non-hydrogen) atoms. The molecule has 0 bridgehead atoms. The molecule has 0 amide bonds. The van der Waals surface area contributed by atoms with Gasteiger partial charge in [0, 0.05) is 19.1 Å². The summed E-state index contributed by atoms with van der Waals surface area (Å²) < 4.78 is 5.55. The third kappa shape index (κ3) is 3.22. The number of carboxylic acid groups (broad SMARTS) is 1. The molecule has 1 fully saturated rings. The van der Waals surface area contributed by atoms with Crippen LogP contribution >= 0.6 is 0 Å². The van der Waals surface area contributed by atoms with E-state index in [1.807, 2.05) is 0 Å². The van der Waals surface area contributed by atoms with E-state index in [1.54, 1.807) is 13.0 Å². The molecule has 5 nitrogen and oxygen atoms in total. The van der Waals surface area contributed by atoms with Crippen molar-refractivity contribution < 1.29 is 14.3 Å². The first kappa shape index (κ1) is 15.1. The Morgan fingerprint density at radius 3 is 2.75 bits per heavy atom. The fourth-order valence-corrected chi connectivity index (χ4v) is 3.05. The van der Waals surface area contributed by atoms with Crippen molar-refractivity contribution in [2.45, 2.75) is 39.8 Å². The van der Waals surface area contributed by atoms with Gasteiger partial charge in [0.1, 0.15) is 17.1 Å². The summed E-state index contributed by atoms with van der Waals surface area (Å²) in [4.78, 5) is 15.8. The number of hydrogen-bond acceptors (Lipinski definition) is 4. The second kappa shape index (κ2) is 6.41. The van der Waals surface area contributed by atoms with Crippen LogP contribution in [-0.4, -0.2) is 53.1 Å². The zero-order chi connectivity index (χ0) is 14.7. The Balaban J connectivity index is 1.95. The maximum Gasteiger partial charge on any atom is 0.339 e. The molecule has 1 atom stereocenters. The predicted octanol–water partition coefficient (Wildman–Crippen LogP) is 2.20. The second-order valence-corrected chi connectivity index (χ2v) is 5.39. The average molecular weight is 280 g/mol. The van der Waals surface area contributed by atoms with Gasteiger partial charge in [0.25, 0.3) is 0 Å². The van der Waals surface area contributed by atoms with Crippen molar-refractivity contribution in [3.63, 3.8) is 0 Å². The zero-order valence-corrected chi connectivity index (χ0v) is 12.6. The molecule has 0 aromatic carbocycles. The van der Waals surface area contributed by atoms with E-state index < -0.39 is 5.97 Å². The topological polar surface area (TPSA) is 56.9 Å². The molecule has 112 valence electrons. The van der Waals surface area contributed by atoms with Gasteiger partial charge in [-0.15, -0.1) is 0 Å². The predicted molar refractivity (Wildman–Crippen MR) is 77.0 cm³/mol. The highest BCUT2D eigenvalue weighted by atomic mass is 16.4. The van der Waals surface area contributed by atoms with E-state index >= 15 is 0 Å². The molecule has 0 spiro atoms. The summed E-state index contributed by atoms with van der Waals surface area (Å²) in [5, 5.41) is 9.04. The molecule has 0 radical (unpaired) electrons. The minimum atomic E-state index is -0.917. The summed E-state index contributed by atoms with van der Waals surface area (Å²) in [6, 6.07) is 2.27. The normalized spacial score (nSPS) is 19.9. The van der Waals surface area contributed by atoms with Crippen LogP contribution in [0.5, 0.6) is 0 Å². The van der Waals surface area contributed by atoms with Gasteiger partial charge < -0.3 is 9.52 Å². The van der Waals surface area contributed by atoms with E-state index in [2.05, 4.69) is 23.6 Å². The van der Waals surface area contributed by atoms with E-state index in [9.17, 15) is 4.79 Å². The fourth-order valence-electron chi connectivity index (χ4n) is 3.05. The van der Waals surface area contributed by atoms with Crippen molar-refractivity contribution in [2.24, 2.45) is 0 Å². The standard InChI is InChI=1S/C15H24N2O3/c1-4-17(5-2)12-6-7-16(9-12)10-13-8-14(15(18)19)11(3)20-13/h8,12H,4-7,9-10H2,1-3H3,(H,18,19). The van der Waals surface area contributed by atoms with E-state index in [4.69, 9.17) is 9.52 Å². The first-order valence-electron chi connectivity index (χ1n) is 7.34. The van der Waals surface area contributed by atoms with Crippen LogP contribution in [0.1, 0.15) is 42.1 Å². The highest BCUT2D eigenvalue weighted by Gasteiger charge is 2.27. The van der Waals surface area contributed by atoms with E-state index in [0.717, 1.165) is 31.9 Å². The smallest absolute Gasteiger partial charge is 0.339 e. The minimum Gasteiger partial charge on any atom is -0.478 e. The molecule has 2 heterocycles. The lowest BCUT2D eigenvalue weighted by atomic mass is 10.2. The van der Waals surface area contributed by atoms with Crippen molar-refractivity contribution in [2.75, 3.05) is 26.2 Å². The van der Waals surface area contributed by atoms with Gasteiger partial charge in [0.2, 0.25) is 0 Å². The quantitative estimate of drug-likeness (QED) is 0.865. The van der Waals surface area contributed by atoms with Crippen LogP contribution in [0.25, 0.3) is 0 Å². The Bertz CT molecular complexity index is 466. The zero-order valence-electron chi connectivity index (χ0n) is 12.6. The molecule has 2 rings (SSSR count). The molecule has 1 unspecified atom stereocenters. The van der Waals surface area contributed by atoms with Gasteiger partial charge in [0.15, 0.2) is 0 Å². The van der Waals surface area contributed by atoms with Gasteiger partial charge in [-0.05, 0) is 32.5 Å². The molecule has 1 saturated heterocycles. The van der Waals surface area contributed by atoms with E-state index in [-0.39, 0.29) is 5.56 Å². The van der Waals surface area contributed by atoms with E-state index in [0.29, 0.717) is 18.3 Å². The highest BCUT2D eigenvalue weighted by molar-refractivity contribution is 5.88. The number of carbonyl (C=O) groups is 1. The Morgan fingerprint density at radius 2 is 2.20 bits per heavy atom. The lowest BCUT2D eigenvalue weighted by Gasteiger charge is -2.26. The summed E-state index contributed by atoms with van der Waals surface area (Å²) in [7, 11) is 0. The van der Waals surface area contributed by atoms with Gasteiger partial charge in [-0.3, -0.25) is 9.80 Å². The number of rotatable bonds is 6. The van der Waals surface area contributed by atoms with Crippen molar-refractivity contribution in [1.82, 2.24) is 9.80 Å². The van der Waals surface area contributed by atoms with Crippen molar-refractivity contribution in [3.05, 3.63) is 23.2 Å². The Morgan fingerprint density at radius 1 is 1.50 bits per heavy atom. The van der Waals surface area contributed by atoms with Crippen LogP contribution in [0, 0.1) is 6.92 Å². The Hall–Kier alpha value is -1.33. The molecule has 0 aliphatic carbocycles. The second-order valence-electron chi connectivity index (χ2n) is 5.39. The van der Waals surface area contributed by atoms with Crippen LogP contribution in [-0.2, 0) is 6.54 Å². The number of aromatic carboxylic acids is 1. The molecule has 5 heteroatoms.